The van der Waals surface area contributed by atoms with Gasteiger partial charge in [0.15, 0.2) is 0 Å². The summed E-state index contributed by atoms with van der Waals surface area (Å²) in [4.78, 5) is 14.5. The van der Waals surface area contributed by atoms with Crippen LogP contribution in [-0.2, 0) is 16.8 Å². The molecule has 0 bridgehead atoms. The highest BCUT2D eigenvalue weighted by molar-refractivity contribution is 5.85. The molecular formula is C19H20N4O2. The topological polar surface area (TPSA) is 82.1 Å². The van der Waals surface area contributed by atoms with Gasteiger partial charge in [0.25, 0.3) is 0 Å². The van der Waals surface area contributed by atoms with Gasteiger partial charge in [-0.1, -0.05) is 42.5 Å². The molecule has 1 amide bonds. The van der Waals surface area contributed by atoms with Crippen LogP contribution < -0.4 is 0 Å². The van der Waals surface area contributed by atoms with Crippen molar-refractivity contribution in [2.45, 2.75) is 24.9 Å². The minimum absolute atomic E-state index is 0.0249. The molecule has 2 aromatic carbocycles. The number of aromatic amines is 1. The van der Waals surface area contributed by atoms with Crippen LogP contribution >= 0.6 is 0 Å². The molecule has 1 aliphatic rings. The first-order valence-corrected chi connectivity index (χ1v) is 8.48. The third-order valence-corrected chi connectivity index (χ3v) is 4.88. The van der Waals surface area contributed by atoms with Gasteiger partial charge in [-0.3, -0.25) is 4.79 Å². The number of aliphatic hydroxyl groups is 1. The Morgan fingerprint density at radius 1 is 1.24 bits per heavy atom. The van der Waals surface area contributed by atoms with Gasteiger partial charge in [-0.25, -0.2) is 0 Å². The highest BCUT2D eigenvalue weighted by Gasteiger charge is 2.38. The van der Waals surface area contributed by atoms with Crippen molar-refractivity contribution < 1.29 is 9.90 Å². The quantitative estimate of drug-likeness (QED) is 0.766. The summed E-state index contributed by atoms with van der Waals surface area (Å²) < 4.78 is 0. The number of nitrogens with one attached hydrogen (secondary N) is 1. The third kappa shape index (κ3) is 3.13. The molecule has 2 N–H and O–H groups in total. The van der Waals surface area contributed by atoms with Crippen molar-refractivity contribution in [3.63, 3.8) is 0 Å². The summed E-state index contributed by atoms with van der Waals surface area (Å²) >= 11 is 0. The molecule has 1 aromatic heterocycles. The smallest absolute Gasteiger partial charge is 0.227 e. The Kier molecular flexibility index (Phi) is 3.97. The number of amides is 1. The molecule has 6 heteroatoms. The number of H-pyrrole nitrogens is 1. The summed E-state index contributed by atoms with van der Waals surface area (Å²) in [6.07, 6.45) is 3.18. The fourth-order valence-corrected chi connectivity index (χ4v) is 3.52. The van der Waals surface area contributed by atoms with Crippen LogP contribution in [0.5, 0.6) is 0 Å². The molecule has 4 rings (SSSR count). The van der Waals surface area contributed by atoms with Crippen molar-refractivity contribution in [1.82, 2.24) is 20.3 Å². The van der Waals surface area contributed by atoms with Crippen molar-refractivity contribution in [2.75, 3.05) is 13.1 Å². The van der Waals surface area contributed by atoms with Crippen molar-refractivity contribution in [3.8, 4) is 0 Å². The lowest BCUT2D eigenvalue weighted by atomic mass is 9.89. The van der Waals surface area contributed by atoms with Gasteiger partial charge in [0, 0.05) is 6.54 Å². The Hall–Kier alpha value is -2.73. The van der Waals surface area contributed by atoms with Crippen molar-refractivity contribution >= 4 is 16.7 Å². The van der Waals surface area contributed by atoms with Crippen LogP contribution in [0.2, 0.25) is 0 Å². The maximum atomic E-state index is 12.7. The molecule has 1 atom stereocenters. The Bertz CT molecular complexity index is 893. The molecule has 1 unspecified atom stereocenters. The van der Waals surface area contributed by atoms with Gasteiger partial charge in [0.05, 0.1) is 19.2 Å². The normalized spacial score (nSPS) is 20.8. The maximum absolute atomic E-state index is 12.7. The van der Waals surface area contributed by atoms with E-state index >= 15 is 0 Å². The molecule has 1 saturated heterocycles. The van der Waals surface area contributed by atoms with Crippen LogP contribution in [0.15, 0.2) is 48.7 Å². The number of hydrogen-bond donors (Lipinski definition) is 2. The molecule has 0 spiro atoms. The van der Waals surface area contributed by atoms with E-state index in [9.17, 15) is 9.90 Å². The summed E-state index contributed by atoms with van der Waals surface area (Å²) in [5.74, 6) is 0.0249. The molecule has 6 nitrogen and oxygen atoms in total. The summed E-state index contributed by atoms with van der Waals surface area (Å²) in [6, 6.07) is 14.2. The first-order chi connectivity index (χ1) is 12.1. The lowest BCUT2D eigenvalue weighted by Crippen LogP contribution is -2.49. The van der Waals surface area contributed by atoms with Gasteiger partial charge in [-0.2, -0.15) is 15.4 Å². The second-order valence-corrected chi connectivity index (χ2v) is 6.66. The van der Waals surface area contributed by atoms with E-state index < -0.39 is 5.60 Å². The molecule has 128 valence electrons. The van der Waals surface area contributed by atoms with Crippen LogP contribution in [-0.4, -0.2) is 44.4 Å². The molecule has 1 aliphatic heterocycles. The number of fused-ring (bicyclic) bond motifs is 1. The molecule has 0 radical (unpaired) electrons. The fraction of sp³-hybridized carbons (Fsp3) is 0.316. The Morgan fingerprint density at radius 2 is 2.08 bits per heavy atom. The Morgan fingerprint density at radius 3 is 2.88 bits per heavy atom. The number of nitrogens with zero attached hydrogens (tertiary/aromatic N) is 3. The predicted molar refractivity (Wildman–Crippen MR) is 93.7 cm³/mol. The summed E-state index contributed by atoms with van der Waals surface area (Å²) in [5.41, 5.74) is 0.361. The monoisotopic (exact) mass is 336 g/mol. The zero-order chi connectivity index (χ0) is 17.3. The molecule has 25 heavy (non-hydrogen) atoms. The summed E-state index contributed by atoms with van der Waals surface area (Å²) in [5, 5.41) is 23.4. The van der Waals surface area contributed by atoms with Gasteiger partial charge >= 0.3 is 0 Å². The van der Waals surface area contributed by atoms with E-state index in [1.807, 2.05) is 30.3 Å². The predicted octanol–water partition coefficient (Wildman–Crippen LogP) is 2.01. The van der Waals surface area contributed by atoms with Crippen LogP contribution in [0, 0.1) is 0 Å². The standard InChI is InChI=1S/C19H20N4O2/c24-18(11-14-6-7-15-4-1-2-5-16(15)10-14)23-9-3-8-19(25,13-23)17-12-20-22-21-17/h1-2,4-7,10,12,25H,3,8-9,11,13H2,(H,20,21,22). The Balaban J connectivity index is 1.50. The maximum Gasteiger partial charge on any atom is 0.227 e. The van der Waals surface area contributed by atoms with E-state index in [1.165, 1.54) is 6.20 Å². The Labute approximate surface area is 145 Å². The summed E-state index contributed by atoms with van der Waals surface area (Å²) in [7, 11) is 0. The number of benzene rings is 2. The number of likely N-dealkylation sites (tertiary alicyclic amines) is 1. The zero-order valence-electron chi connectivity index (χ0n) is 13.9. The van der Waals surface area contributed by atoms with Crippen molar-refractivity contribution in [2.24, 2.45) is 0 Å². The van der Waals surface area contributed by atoms with Crippen LogP contribution in [0.1, 0.15) is 24.1 Å². The molecule has 3 aromatic rings. The number of hydrogen-bond acceptors (Lipinski definition) is 4. The largest absolute Gasteiger partial charge is 0.382 e. The van der Waals surface area contributed by atoms with E-state index in [1.54, 1.807) is 4.90 Å². The number of aromatic nitrogens is 3. The lowest BCUT2D eigenvalue weighted by Gasteiger charge is -2.38. The lowest BCUT2D eigenvalue weighted by molar-refractivity contribution is -0.138. The van der Waals surface area contributed by atoms with Crippen LogP contribution in [0.3, 0.4) is 0 Å². The van der Waals surface area contributed by atoms with Gasteiger partial charge in [0.2, 0.25) is 5.91 Å². The van der Waals surface area contributed by atoms with E-state index in [4.69, 9.17) is 0 Å². The van der Waals surface area contributed by atoms with Crippen LogP contribution in [0.4, 0.5) is 0 Å². The van der Waals surface area contributed by atoms with Gasteiger partial charge in [-0.15, -0.1) is 0 Å². The average molecular weight is 336 g/mol. The van der Waals surface area contributed by atoms with E-state index in [0.717, 1.165) is 22.8 Å². The SMILES string of the molecule is O=C(Cc1ccc2ccccc2c1)N1CCCC(O)(c2cn[nH]n2)C1. The second-order valence-electron chi connectivity index (χ2n) is 6.66. The summed E-state index contributed by atoms with van der Waals surface area (Å²) in [6.45, 7) is 0.915. The number of carbonyl (C=O) groups is 1. The minimum Gasteiger partial charge on any atom is -0.382 e. The number of β-amino-alcohol motifs (C(OH)–C–C–N with tert-alkyl or cyclic N) is 1. The highest BCUT2D eigenvalue weighted by Crippen LogP contribution is 2.30. The average Bonchev–Trinajstić information content (AvgIpc) is 3.17. The number of piperidine rings is 1. The minimum atomic E-state index is -1.12. The molecule has 1 fully saturated rings. The molecule has 0 saturated carbocycles. The zero-order valence-corrected chi connectivity index (χ0v) is 13.9. The third-order valence-electron chi connectivity index (χ3n) is 4.88. The van der Waals surface area contributed by atoms with Crippen molar-refractivity contribution in [1.29, 1.82) is 0 Å². The first kappa shape index (κ1) is 15.8. The first-order valence-electron chi connectivity index (χ1n) is 8.48. The van der Waals surface area contributed by atoms with Gasteiger partial charge in [0.1, 0.15) is 11.3 Å². The molecular weight excluding hydrogens is 316 g/mol. The second kappa shape index (κ2) is 6.29. The molecule has 0 aliphatic carbocycles. The van der Waals surface area contributed by atoms with E-state index in [2.05, 4.69) is 27.5 Å². The van der Waals surface area contributed by atoms with Gasteiger partial charge in [-0.05, 0) is 29.2 Å². The van der Waals surface area contributed by atoms with Gasteiger partial charge < -0.3 is 10.0 Å². The van der Waals surface area contributed by atoms with E-state index in [0.29, 0.717) is 25.1 Å². The molecule has 2 heterocycles. The van der Waals surface area contributed by atoms with E-state index in [-0.39, 0.29) is 12.5 Å². The number of carbonyl (C=O) groups excluding carboxylic acids is 1. The van der Waals surface area contributed by atoms with Crippen molar-refractivity contribution in [3.05, 3.63) is 59.9 Å². The highest BCUT2D eigenvalue weighted by atomic mass is 16.3. The fourth-order valence-electron chi connectivity index (χ4n) is 3.52. The van der Waals surface area contributed by atoms with Crippen LogP contribution in [0.25, 0.3) is 10.8 Å². The number of rotatable bonds is 3.